The largest absolute Gasteiger partial charge is 0.497 e. The van der Waals surface area contributed by atoms with Crippen LogP contribution in [0.25, 0.3) is 0 Å². The van der Waals surface area contributed by atoms with Crippen LogP contribution in [0, 0.1) is 5.82 Å². The van der Waals surface area contributed by atoms with E-state index in [4.69, 9.17) is 21.1 Å². The second kappa shape index (κ2) is 6.68. The molecule has 21 heavy (non-hydrogen) atoms. The predicted molar refractivity (Wildman–Crippen MR) is 83.0 cm³/mol. The molecule has 0 spiro atoms. The van der Waals surface area contributed by atoms with Gasteiger partial charge in [-0.3, -0.25) is 0 Å². The number of halogens is 2. The lowest BCUT2D eigenvalue weighted by molar-refractivity contribution is 0.390. The molecule has 1 unspecified atom stereocenters. The summed E-state index contributed by atoms with van der Waals surface area (Å²) >= 11 is 5.79. The highest BCUT2D eigenvalue weighted by Crippen LogP contribution is 2.31. The smallest absolute Gasteiger partial charge is 0.141 e. The van der Waals surface area contributed by atoms with Crippen LogP contribution < -0.4 is 14.8 Å². The van der Waals surface area contributed by atoms with E-state index in [0.29, 0.717) is 0 Å². The average Bonchev–Trinajstić information content (AvgIpc) is 2.50. The van der Waals surface area contributed by atoms with Crippen LogP contribution in [-0.4, -0.2) is 14.2 Å². The summed E-state index contributed by atoms with van der Waals surface area (Å²) < 4.78 is 23.7. The molecule has 1 N–H and O–H groups in total. The molecule has 3 nitrogen and oxygen atoms in total. The molecule has 2 aromatic carbocycles. The number of hydrogen-bond acceptors (Lipinski definition) is 3. The van der Waals surface area contributed by atoms with E-state index in [1.165, 1.54) is 6.07 Å². The van der Waals surface area contributed by atoms with E-state index in [1.54, 1.807) is 26.4 Å². The van der Waals surface area contributed by atoms with Crippen LogP contribution in [0.4, 0.5) is 10.1 Å². The SMILES string of the molecule is COc1ccc(C(C)Nc2ccc(F)c(Cl)c2)c(OC)c1. The van der Waals surface area contributed by atoms with Gasteiger partial charge < -0.3 is 14.8 Å². The van der Waals surface area contributed by atoms with E-state index >= 15 is 0 Å². The van der Waals surface area contributed by atoms with E-state index in [9.17, 15) is 4.39 Å². The zero-order valence-electron chi connectivity index (χ0n) is 12.1. The second-order valence-corrected chi connectivity index (χ2v) is 5.01. The number of benzene rings is 2. The van der Waals surface area contributed by atoms with Crippen molar-refractivity contribution >= 4 is 17.3 Å². The molecular weight excluding hydrogens is 293 g/mol. The van der Waals surface area contributed by atoms with Crippen LogP contribution in [0.1, 0.15) is 18.5 Å². The monoisotopic (exact) mass is 309 g/mol. The maximum atomic E-state index is 13.2. The summed E-state index contributed by atoms with van der Waals surface area (Å²) in [5, 5.41) is 3.36. The third kappa shape index (κ3) is 3.58. The Balaban J connectivity index is 2.23. The van der Waals surface area contributed by atoms with Crippen molar-refractivity contribution in [2.24, 2.45) is 0 Å². The molecule has 0 saturated heterocycles. The number of anilines is 1. The Morgan fingerprint density at radius 1 is 1.10 bits per heavy atom. The Hall–Kier alpha value is -1.94. The molecule has 0 bridgehead atoms. The lowest BCUT2D eigenvalue weighted by Crippen LogP contribution is -2.08. The summed E-state index contributed by atoms with van der Waals surface area (Å²) in [6, 6.07) is 10.1. The Morgan fingerprint density at radius 3 is 2.48 bits per heavy atom. The first kappa shape index (κ1) is 15.4. The lowest BCUT2D eigenvalue weighted by Gasteiger charge is -2.19. The van der Waals surface area contributed by atoms with Gasteiger partial charge in [0.1, 0.15) is 17.3 Å². The van der Waals surface area contributed by atoms with Crippen molar-refractivity contribution in [3.05, 3.63) is 52.8 Å². The molecular formula is C16H17ClFNO2. The van der Waals surface area contributed by atoms with Crippen LogP contribution >= 0.6 is 11.6 Å². The van der Waals surface area contributed by atoms with Gasteiger partial charge >= 0.3 is 0 Å². The molecule has 0 aromatic heterocycles. The number of rotatable bonds is 5. The molecule has 112 valence electrons. The van der Waals surface area contributed by atoms with Gasteiger partial charge in [-0.05, 0) is 37.3 Å². The highest BCUT2D eigenvalue weighted by Gasteiger charge is 2.13. The molecule has 0 amide bonds. The molecule has 0 saturated carbocycles. The van der Waals surface area contributed by atoms with E-state index in [2.05, 4.69) is 5.32 Å². The Bertz CT molecular complexity index is 634. The van der Waals surface area contributed by atoms with Crippen LogP contribution in [0.3, 0.4) is 0 Å². The van der Waals surface area contributed by atoms with Gasteiger partial charge in [0.15, 0.2) is 0 Å². The molecule has 2 rings (SSSR count). The lowest BCUT2D eigenvalue weighted by atomic mass is 10.1. The molecule has 0 aliphatic carbocycles. The average molecular weight is 310 g/mol. The third-order valence-electron chi connectivity index (χ3n) is 3.21. The minimum absolute atomic E-state index is 0.0348. The van der Waals surface area contributed by atoms with E-state index in [0.717, 1.165) is 22.7 Å². The summed E-state index contributed by atoms with van der Waals surface area (Å²) in [7, 11) is 3.22. The fraction of sp³-hybridized carbons (Fsp3) is 0.250. The molecule has 1 atom stereocenters. The van der Waals surface area contributed by atoms with Crippen molar-refractivity contribution in [1.29, 1.82) is 0 Å². The zero-order chi connectivity index (χ0) is 15.4. The van der Waals surface area contributed by atoms with Crippen molar-refractivity contribution in [3.8, 4) is 11.5 Å². The molecule has 0 aliphatic rings. The highest BCUT2D eigenvalue weighted by atomic mass is 35.5. The van der Waals surface area contributed by atoms with Gasteiger partial charge in [-0.1, -0.05) is 11.6 Å². The van der Waals surface area contributed by atoms with Crippen molar-refractivity contribution in [2.75, 3.05) is 19.5 Å². The van der Waals surface area contributed by atoms with Crippen LogP contribution in [0.2, 0.25) is 5.02 Å². The summed E-state index contributed by atoms with van der Waals surface area (Å²) in [6.45, 7) is 1.99. The van der Waals surface area contributed by atoms with Gasteiger partial charge in [-0.2, -0.15) is 0 Å². The van der Waals surface area contributed by atoms with Crippen molar-refractivity contribution in [1.82, 2.24) is 0 Å². The standard InChI is InChI=1S/C16H17ClFNO2/c1-10(19-11-4-7-15(18)14(17)8-11)13-6-5-12(20-2)9-16(13)21-3/h4-10,19H,1-3H3. The van der Waals surface area contributed by atoms with Gasteiger partial charge in [0.2, 0.25) is 0 Å². The molecule has 0 heterocycles. The molecule has 2 aromatic rings. The molecule has 0 aliphatic heterocycles. The fourth-order valence-corrected chi connectivity index (χ4v) is 2.27. The van der Waals surface area contributed by atoms with Gasteiger partial charge in [0.05, 0.1) is 25.3 Å². The van der Waals surface area contributed by atoms with Crippen LogP contribution in [-0.2, 0) is 0 Å². The van der Waals surface area contributed by atoms with Crippen molar-refractivity contribution in [3.63, 3.8) is 0 Å². The maximum Gasteiger partial charge on any atom is 0.141 e. The summed E-state index contributed by atoms with van der Waals surface area (Å²) in [4.78, 5) is 0. The Labute approximate surface area is 128 Å². The first-order valence-corrected chi connectivity index (χ1v) is 6.86. The van der Waals surface area contributed by atoms with E-state index in [-0.39, 0.29) is 11.1 Å². The van der Waals surface area contributed by atoms with Gasteiger partial charge in [0.25, 0.3) is 0 Å². The van der Waals surface area contributed by atoms with E-state index in [1.807, 2.05) is 25.1 Å². The Kier molecular flexibility index (Phi) is 4.91. The van der Waals surface area contributed by atoms with Crippen molar-refractivity contribution in [2.45, 2.75) is 13.0 Å². The van der Waals surface area contributed by atoms with Crippen molar-refractivity contribution < 1.29 is 13.9 Å². The molecule has 5 heteroatoms. The highest BCUT2D eigenvalue weighted by molar-refractivity contribution is 6.31. The van der Waals surface area contributed by atoms with Crippen LogP contribution in [0.5, 0.6) is 11.5 Å². The summed E-state index contributed by atoms with van der Waals surface area (Å²) in [6.07, 6.45) is 0. The topological polar surface area (TPSA) is 30.5 Å². The normalized spacial score (nSPS) is 11.9. The number of nitrogens with one attached hydrogen (secondary N) is 1. The first-order chi connectivity index (χ1) is 10.0. The third-order valence-corrected chi connectivity index (χ3v) is 3.50. The van der Waals surface area contributed by atoms with Gasteiger partial charge in [0, 0.05) is 17.3 Å². The quantitative estimate of drug-likeness (QED) is 0.870. The van der Waals surface area contributed by atoms with E-state index < -0.39 is 5.82 Å². The second-order valence-electron chi connectivity index (χ2n) is 4.60. The first-order valence-electron chi connectivity index (χ1n) is 6.48. The fourth-order valence-electron chi connectivity index (χ4n) is 2.09. The number of hydrogen-bond donors (Lipinski definition) is 1. The Morgan fingerprint density at radius 2 is 1.86 bits per heavy atom. The maximum absolute atomic E-state index is 13.2. The molecule has 0 radical (unpaired) electrons. The zero-order valence-corrected chi connectivity index (χ0v) is 12.9. The number of ether oxygens (including phenoxy) is 2. The molecule has 0 fully saturated rings. The summed E-state index contributed by atoms with van der Waals surface area (Å²) in [5.41, 5.74) is 1.71. The van der Waals surface area contributed by atoms with Gasteiger partial charge in [-0.25, -0.2) is 4.39 Å². The minimum Gasteiger partial charge on any atom is -0.497 e. The minimum atomic E-state index is -0.433. The predicted octanol–water partition coefficient (Wildman–Crippen LogP) is 4.67. The van der Waals surface area contributed by atoms with Crippen LogP contribution in [0.15, 0.2) is 36.4 Å². The number of methoxy groups -OCH3 is 2. The van der Waals surface area contributed by atoms with Gasteiger partial charge in [-0.15, -0.1) is 0 Å². The summed E-state index contributed by atoms with van der Waals surface area (Å²) in [5.74, 6) is 1.02.